The van der Waals surface area contributed by atoms with Gasteiger partial charge in [0.05, 0.1) is 6.61 Å². The van der Waals surface area contributed by atoms with E-state index in [4.69, 9.17) is 0 Å². The number of hydrogen-bond donors (Lipinski definition) is 0. The zero-order valence-electron chi connectivity index (χ0n) is 5.49. The Hall–Kier alpha value is -1.13. The highest BCUT2D eigenvalue weighted by Gasteiger charge is 1.92. The monoisotopic (exact) mass is 147 g/mol. The minimum Gasteiger partial charge on any atom is -0.314 e. The maximum atomic E-state index is 9.73. The molecular formula is C5H9NO4. The lowest BCUT2D eigenvalue weighted by atomic mass is 10.3. The maximum Gasteiger partial charge on any atom is 0.294 e. The van der Waals surface area contributed by atoms with Crippen molar-refractivity contribution in [2.75, 3.05) is 6.61 Å². The Morgan fingerprint density at radius 3 is 2.70 bits per heavy atom. The van der Waals surface area contributed by atoms with E-state index in [1.54, 1.807) is 0 Å². The van der Waals surface area contributed by atoms with Gasteiger partial charge in [0.15, 0.2) is 0 Å². The minimum atomic E-state index is -0.832. The van der Waals surface area contributed by atoms with Gasteiger partial charge in [-0.1, -0.05) is 0 Å². The summed E-state index contributed by atoms with van der Waals surface area (Å²) in [6.45, 7) is 0.0842. The Balaban J connectivity index is 2.90. The van der Waals surface area contributed by atoms with E-state index in [0.717, 1.165) is 6.29 Å². The summed E-state index contributed by atoms with van der Waals surface area (Å²) in [6.07, 6.45) is 2.43. The molecule has 0 unspecified atom stereocenters. The fourth-order valence-corrected chi connectivity index (χ4v) is 0.469. The van der Waals surface area contributed by atoms with Crippen molar-refractivity contribution in [3.8, 4) is 0 Å². The van der Waals surface area contributed by atoms with Crippen molar-refractivity contribution in [3.63, 3.8) is 0 Å². The Morgan fingerprint density at radius 2 is 2.20 bits per heavy atom. The van der Waals surface area contributed by atoms with Gasteiger partial charge in [-0.2, -0.15) is 0 Å². The largest absolute Gasteiger partial charge is 0.314 e. The summed E-state index contributed by atoms with van der Waals surface area (Å²) in [5, 5.41) is 8.71. The van der Waals surface area contributed by atoms with Crippen LogP contribution in [0.4, 0.5) is 0 Å². The first-order chi connectivity index (χ1) is 4.77. The summed E-state index contributed by atoms with van der Waals surface area (Å²) in [5.41, 5.74) is 0. The second-order valence-electron chi connectivity index (χ2n) is 1.72. The number of unbranched alkanes of at least 4 members (excludes halogenated alkanes) is 2. The van der Waals surface area contributed by atoms with E-state index in [1.165, 1.54) is 0 Å². The average molecular weight is 147 g/mol. The number of nitrogens with zero attached hydrogens (tertiary/aromatic N) is 1. The van der Waals surface area contributed by atoms with Crippen molar-refractivity contribution in [3.05, 3.63) is 10.1 Å². The van der Waals surface area contributed by atoms with Gasteiger partial charge in [-0.25, -0.2) is 0 Å². The molecule has 0 saturated carbocycles. The Morgan fingerprint density at radius 1 is 1.50 bits per heavy atom. The summed E-state index contributed by atoms with van der Waals surface area (Å²) >= 11 is 0. The Labute approximate surface area is 58.1 Å². The first kappa shape index (κ1) is 8.87. The summed E-state index contributed by atoms with van der Waals surface area (Å²) < 4.78 is 0. The number of rotatable bonds is 6. The third kappa shape index (κ3) is 6.87. The van der Waals surface area contributed by atoms with Crippen LogP contribution in [0.1, 0.15) is 19.3 Å². The predicted octanol–water partition coefficient (Wildman–Crippen LogP) is 0.564. The maximum absolute atomic E-state index is 9.73. The van der Waals surface area contributed by atoms with Gasteiger partial charge in [0, 0.05) is 6.42 Å². The van der Waals surface area contributed by atoms with Crippen molar-refractivity contribution in [1.29, 1.82) is 0 Å². The molecule has 10 heavy (non-hydrogen) atoms. The smallest absolute Gasteiger partial charge is 0.294 e. The molecule has 5 heteroatoms. The number of carbonyl (C=O) groups is 1. The Kier molecular flexibility index (Phi) is 5.32. The lowest BCUT2D eigenvalue weighted by molar-refractivity contribution is -0.757. The molecule has 0 aliphatic heterocycles. The second-order valence-corrected chi connectivity index (χ2v) is 1.72. The van der Waals surface area contributed by atoms with Crippen LogP contribution in [0.2, 0.25) is 0 Å². The van der Waals surface area contributed by atoms with E-state index in [1.807, 2.05) is 0 Å². The standard InChI is InChI=1S/C5H9NO4/c7-4-2-1-3-5-10-6(8)9/h4H,1-3,5H2. The summed E-state index contributed by atoms with van der Waals surface area (Å²) in [6, 6.07) is 0. The zero-order chi connectivity index (χ0) is 7.82. The van der Waals surface area contributed by atoms with E-state index >= 15 is 0 Å². The fraction of sp³-hybridized carbons (Fsp3) is 0.800. The van der Waals surface area contributed by atoms with E-state index in [2.05, 4.69) is 4.84 Å². The molecule has 0 aliphatic rings. The second kappa shape index (κ2) is 6.00. The van der Waals surface area contributed by atoms with Crippen LogP contribution in [0, 0.1) is 10.1 Å². The molecule has 5 nitrogen and oxygen atoms in total. The Bertz CT molecular complexity index is 114. The van der Waals surface area contributed by atoms with Gasteiger partial charge in [0.2, 0.25) is 0 Å². The first-order valence-electron chi connectivity index (χ1n) is 2.98. The van der Waals surface area contributed by atoms with Gasteiger partial charge in [-0.3, -0.25) is 0 Å². The van der Waals surface area contributed by atoms with Crippen molar-refractivity contribution in [2.45, 2.75) is 19.3 Å². The molecule has 58 valence electrons. The number of hydrogen-bond acceptors (Lipinski definition) is 4. The van der Waals surface area contributed by atoms with Crippen molar-refractivity contribution in [2.24, 2.45) is 0 Å². The topological polar surface area (TPSA) is 69.4 Å². The molecule has 0 atom stereocenters. The van der Waals surface area contributed by atoms with Gasteiger partial charge in [0.1, 0.15) is 6.29 Å². The van der Waals surface area contributed by atoms with E-state index in [0.29, 0.717) is 19.3 Å². The van der Waals surface area contributed by atoms with Crippen LogP contribution in [0.15, 0.2) is 0 Å². The van der Waals surface area contributed by atoms with Gasteiger partial charge < -0.3 is 9.63 Å². The molecule has 0 rings (SSSR count). The predicted molar refractivity (Wildman–Crippen MR) is 32.9 cm³/mol. The molecule has 0 aliphatic carbocycles. The summed E-state index contributed by atoms with van der Waals surface area (Å²) in [7, 11) is 0. The summed E-state index contributed by atoms with van der Waals surface area (Å²) in [4.78, 5) is 23.3. The molecule has 0 saturated heterocycles. The SMILES string of the molecule is O=CCCCCO[N+](=O)[O-]. The molecule has 0 aromatic rings. The van der Waals surface area contributed by atoms with Gasteiger partial charge >= 0.3 is 0 Å². The first-order valence-corrected chi connectivity index (χ1v) is 2.98. The molecule has 0 fully saturated rings. The van der Waals surface area contributed by atoms with E-state index in [-0.39, 0.29) is 6.61 Å². The van der Waals surface area contributed by atoms with Crippen molar-refractivity contribution in [1.82, 2.24) is 0 Å². The number of carbonyl (C=O) groups excluding carboxylic acids is 1. The minimum absolute atomic E-state index is 0.0842. The van der Waals surface area contributed by atoms with Crippen LogP contribution in [-0.2, 0) is 9.63 Å². The normalized spacial score (nSPS) is 8.80. The quantitative estimate of drug-likeness (QED) is 0.238. The van der Waals surface area contributed by atoms with Crippen LogP contribution in [-0.4, -0.2) is 18.0 Å². The molecular weight excluding hydrogens is 138 g/mol. The molecule has 0 radical (unpaired) electrons. The van der Waals surface area contributed by atoms with Gasteiger partial charge in [0.25, 0.3) is 5.09 Å². The summed E-state index contributed by atoms with van der Waals surface area (Å²) in [5.74, 6) is 0. The molecule has 0 aromatic carbocycles. The van der Waals surface area contributed by atoms with E-state index < -0.39 is 5.09 Å². The molecule has 0 N–H and O–H groups in total. The average Bonchev–Trinajstić information content (AvgIpc) is 1.87. The van der Waals surface area contributed by atoms with E-state index in [9.17, 15) is 14.9 Å². The fourth-order valence-electron chi connectivity index (χ4n) is 0.469. The zero-order valence-corrected chi connectivity index (χ0v) is 5.49. The molecule has 0 amide bonds. The molecule has 0 bridgehead atoms. The van der Waals surface area contributed by atoms with Crippen LogP contribution < -0.4 is 0 Å². The van der Waals surface area contributed by atoms with Crippen molar-refractivity contribution < 1.29 is 14.7 Å². The van der Waals surface area contributed by atoms with Gasteiger partial charge in [-0.05, 0) is 12.8 Å². The number of aldehydes is 1. The van der Waals surface area contributed by atoms with Crippen LogP contribution in [0.3, 0.4) is 0 Å². The molecule has 0 heterocycles. The van der Waals surface area contributed by atoms with Crippen LogP contribution in [0.25, 0.3) is 0 Å². The molecule has 0 spiro atoms. The van der Waals surface area contributed by atoms with Crippen LogP contribution >= 0.6 is 0 Å². The third-order valence-electron chi connectivity index (χ3n) is 0.913. The van der Waals surface area contributed by atoms with Gasteiger partial charge in [-0.15, -0.1) is 10.1 Å². The lowest BCUT2D eigenvalue weighted by Crippen LogP contribution is -2.01. The highest BCUT2D eigenvalue weighted by molar-refractivity contribution is 5.48. The highest BCUT2D eigenvalue weighted by atomic mass is 16.9. The highest BCUT2D eigenvalue weighted by Crippen LogP contribution is 1.92. The molecule has 0 aromatic heterocycles. The van der Waals surface area contributed by atoms with Crippen molar-refractivity contribution >= 4 is 6.29 Å². The van der Waals surface area contributed by atoms with Crippen LogP contribution in [0.5, 0.6) is 0 Å². The lowest BCUT2D eigenvalue weighted by Gasteiger charge is -1.94. The third-order valence-corrected chi connectivity index (χ3v) is 0.913.